The zero-order valence-electron chi connectivity index (χ0n) is 4.74. The molecule has 4 heteroatoms. The van der Waals surface area contributed by atoms with Crippen LogP contribution in [-0.4, -0.2) is 5.11 Å². The van der Waals surface area contributed by atoms with Crippen LogP contribution < -0.4 is 0 Å². The van der Waals surface area contributed by atoms with Crippen LogP contribution in [0.5, 0.6) is 5.75 Å². The van der Waals surface area contributed by atoms with Gasteiger partial charge in [-0.2, -0.15) is 0 Å². The average Bonchev–Trinajstić information content (AvgIpc) is 1.82. The molecule has 0 aliphatic rings. The molecule has 0 aliphatic carbocycles. The summed E-state index contributed by atoms with van der Waals surface area (Å²) in [4.78, 5) is 0. The first kappa shape index (κ1) is 8.56. The molecule has 0 aliphatic heterocycles. The average molecular weight is 337 g/mol. The fourth-order valence-electron chi connectivity index (χ4n) is 0.535. The number of halogens is 3. The summed E-state index contributed by atoms with van der Waals surface area (Å²) in [5.74, 6) is 0.225. The first-order chi connectivity index (χ1) is 4.61. The molecule has 1 nitrogen and oxygen atoms in total. The zero-order chi connectivity index (χ0) is 7.72. The Hall–Kier alpha value is 0.460. The molecule has 0 atom stereocenters. The number of aromatic hydroxyl groups is 1. The molecule has 0 saturated carbocycles. The van der Waals surface area contributed by atoms with Gasteiger partial charge in [0.2, 0.25) is 0 Å². The highest BCUT2D eigenvalue weighted by atomic mass is 79.9. The first-order valence-electron chi connectivity index (χ1n) is 2.45. The number of rotatable bonds is 0. The van der Waals surface area contributed by atoms with Crippen molar-refractivity contribution in [3.05, 3.63) is 25.6 Å². The van der Waals surface area contributed by atoms with Crippen molar-refractivity contribution in [1.29, 1.82) is 0 Å². The molecule has 0 aromatic heterocycles. The van der Waals surface area contributed by atoms with Gasteiger partial charge >= 0.3 is 0 Å². The molecule has 0 amide bonds. The summed E-state index contributed by atoms with van der Waals surface area (Å²) in [5, 5.41) is 9.22. The van der Waals surface area contributed by atoms with Gasteiger partial charge in [0.25, 0.3) is 0 Å². The van der Waals surface area contributed by atoms with Gasteiger partial charge in [-0.3, -0.25) is 0 Å². The van der Waals surface area contributed by atoms with Crippen LogP contribution in [0.25, 0.3) is 0 Å². The highest BCUT2D eigenvalue weighted by molar-refractivity contribution is 9.11. The third-order valence-corrected chi connectivity index (χ3v) is 2.65. The Morgan fingerprint density at radius 1 is 1.00 bits per heavy atom. The van der Waals surface area contributed by atoms with Gasteiger partial charge in [0.15, 0.2) is 0 Å². The van der Waals surface area contributed by atoms with Crippen molar-refractivity contribution in [3.63, 3.8) is 0 Å². The van der Waals surface area contributed by atoms with Gasteiger partial charge in [0.1, 0.15) is 5.75 Å². The van der Waals surface area contributed by atoms with E-state index in [1.807, 2.05) is 0 Å². The second-order valence-electron chi connectivity index (χ2n) is 1.72. The monoisotopic (exact) mass is 334 g/mol. The van der Waals surface area contributed by atoms with E-state index in [9.17, 15) is 5.11 Å². The van der Waals surface area contributed by atoms with E-state index in [-0.39, 0.29) is 5.75 Å². The quantitative estimate of drug-likeness (QED) is 0.766. The second kappa shape index (κ2) is 3.24. The van der Waals surface area contributed by atoms with Crippen LogP contribution in [-0.2, 0) is 0 Å². The maximum Gasteiger partial charge on any atom is 0.144 e. The van der Waals surface area contributed by atoms with E-state index in [0.717, 1.165) is 4.47 Å². The Labute approximate surface area is 83.8 Å². The maximum absolute atomic E-state index is 9.22. The van der Waals surface area contributed by atoms with Gasteiger partial charge in [-0.05, 0) is 44.0 Å². The Morgan fingerprint density at radius 2 is 1.40 bits per heavy atom. The second-order valence-corrected chi connectivity index (χ2v) is 4.34. The molecule has 0 unspecified atom stereocenters. The summed E-state index contributed by atoms with van der Waals surface area (Å²) >= 11 is 9.65. The normalized spacial score (nSPS) is 9.90. The van der Waals surface area contributed by atoms with E-state index in [1.54, 1.807) is 12.1 Å². The number of hydrogen-bond acceptors (Lipinski definition) is 1. The van der Waals surface area contributed by atoms with Crippen LogP contribution in [0, 0.1) is 0 Å². The van der Waals surface area contributed by atoms with E-state index >= 15 is 0 Å². The minimum atomic E-state index is 0.225. The number of benzene rings is 1. The molecule has 0 bridgehead atoms. The van der Waals surface area contributed by atoms with Crippen molar-refractivity contribution in [3.8, 4) is 5.75 Å². The summed E-state index contributed by atoms with van der Waals surface area (Å²) in [6.07, 6.45) is 0. The lowest BCUT2D eigenvalue weighted by Gasteiger charge is -1.99. The van der Waals surface area contributed by atoms with Gasteiger partial charge in [-0.1, -0.05) is 15.9 Å². The number of hydrogen-bond donors (Lipinski definition) is 1. The maximum atomic E-state index is 9.22. The fourth-order valence-corrected chi connectivity index (χ4v) is 2.79. The molecule has 1 aromatic carbocycles. The molecule has 10 heavy (non-hydrogen) atoms. The van der Waals surface area contributed by atoms with Gasteiger partial charge in [-0.25, -0.2) is 0 Å². The predicted molar refractivity (Wildman–Crippen MR) is 51.2 cm³/mol. The molecule has 0 spiro atoms. The van der Waals surface area contributed by atoms with Crippen molar-refractivity contribution < 1.29 is 5.11 Å². The molecule has 0 saturated heterocycles. The van der Waals surface area contributed by atoms with Crippen molar-refractivity contribution in [1.82, 2.24) is 0 Å². The van der Waals surface area contributed by atoms with Crippen LogP contribution in [0.15, 0.2) is 25.6 Å². The van der Waals surface area contributed by atoms with Gasteiger partial charge < -0.3 is 5.11 Å². The van der Waals surface area contributed by atoms with E-state index in [4.69, 9.17) is 0 Å². The molecule has 1 aromatic rings. The van der Waals surface area contributed by atoms with Gasteiger partial charge in [0, 0.05) is 4.47 Å². The minimum absolute atomic E-state index is 0.225. The highest BCUT2D eigenvalue weighted by Gasteiger charge is 2.02. The largest absolute Gasteiger partial charge is 0.506 e. The van der Waals surface area contributed by atoms with Crippen LogP contribution >= 0.6 is 47.8 Å². The lowest BCUT2D eigenvalue weighted by atomic mass is 11.3. The van der Waals surface area contributed by atoms with Crippen LogP contribution in [0.4, 0.5) is 0 Å². The Bertz CT molecular complexity index is 236. The molecular weight excluding hydrogens is 334 g/mol. The molecule has 0 heterocycles. The number of phenolic OH excluding ortho intramolecular Hbond substituents is 1. The Kier molecular flexibility index (Phi) is 2.77. The van der Waals surface area contributed by atoms with Crippen LogP contribution in [0.2, 0.25) is 0 Å². The molecule has 1 rings (SSSR count). The third-order valence-electron chi connectivity index (χ3n) is 0.982. The van der Waals surface area contributed by atoms with Crippen molar-refractivity contribution >= 4 is 47.8 Å². The summed E-state index contributed by atoms with van der Waals surface area (Å²) in [5.41, 5.74) is 0. The Morgan fingerprint density at radius 3 is 1.80 bits per heavy atom. The van der Waals surface area contributed by atoms with Crippen LogP contribution in [0.1, 0.15) is 0 Å². The lowest BCUT2D eigenvalue weighted by Crippen LogP contribution is -1.71. The molecule has 54 valence electrons. The lowest BCUT2D eigenvalue weighted by molar-refractivity contribution is 0.468. The van der Waals surface area contributed by atoms with Crippen molar-refractivity contribution in [2.45, 2.75) is 0 Å². The minimum Gasteiger partial charge on any atom is -0.506 e. The zero-order valence-corrected chi connectivity index (χ0v) is 9.49. The van der Waals surface area contributed by atoms with Gasteiger partial charge in [0.05, 0.1) is 8.95 Å². The van der Waals surface area contributed by atoms with Gasteiger partial charge in [-0.15, -0.1) is 0 Å². The standard InChI is InChI=1S/C6H3Br3O/c7-3-1-4(8)6(10)5(9)2-3/h1-2,10H/i1+1,2+1,3+1,4+1,5+1,6+1. The summed E-state index contributed by atoms with van der Waals surface area (Å²) in [6.45, 7) is 0. The summed E-state index contributed by atoms with van der Waals surface area (Å²) in [6, 6.07) is 3.56. The molecule has 0 radical (unpaired) electrons. The first-order valence-corrected chi connectivity index (χ1v) is 4.82. The third kappa shape index (κ3) is 1.74. The smallest absolute Gasteiger partial charge is 0.144 e. The Balaban J connectivity index is 3.31. The SMILES string of the molecule is O[13c]1[13c](Br)[13cH][13c](Br)[13cH][13c]1Br. The van der Waals surface area contributed by atoms with E-state index in [1.165, 1.54) is 0 Å². The fraction of sp³-hybridized carbons (Fsp3) is 0. The number of phenols is 1. The van der Waals surface area contributed by atoms with E-state index in [2.05, 4.69) is 47.8 Å². The molecule has 1 N–H and O–H groups in total. The van der Waals surface area contributed by atoms with E-state index < -0.39 is 0 Å². The summed E-state index contributed by atoms with van der Waals surface area (Å²) in [7, 11) is 0. The highest BCUT2D eigenvalue weighted by Crippen LogP contribution is 2.34. The predicted octanol–water partition coefficient (Wildman–Crippen LogP) is 3.68. The van der Waals surface area contributed by atoms with Crippen molar-refractivity contribution in [2.75, 3.05) is 0 Å². The summed E-state index contributed by atoms with van der Waals surface area (Å²) < 4.78 is 2.27. The molecule has 0 fully saturated rings. The molecular formula is C6H3Br3O. The van der Waals surface area contributed by atoms with Crippen molar-refractivity contribution in [2.24, 2.45) is 0 Å². The topological polar surface area (TPSA) is 20.2 Å². The van der Waals surface area contributed by atoms with E-state index in [0.29, 0.717) is 8.95 Å². The van der Waals surface area contributed by atoms with Crippen LogP contribution in [0.3, 0.4) is 0 Å².